The minimum atomic E-state index is -0.564. The first kappa shape index (κ1) is 19.4. The van der Waals surface area contributed by atoms with Crippen LogP contribution in [-0.2, 0) is 22.7 Å². The molecule has 0 bridgehead atoms. The van der Waals surface area contributed by atoms with Crippen LogP contribution in [0.25, 0.3) is 11.1 Å². The Kier molecular flexibility index (Phi) is 5.93. The van der Waals surface area contributed by atoms with E-state index in [0.717, 1.165) is 12.0 Å². The highest BCUT2D eigenvalue weighted by molar-refractivity contribution is 5.92. The molecule has 28 heavy (non-hydrogen) atoms. The van der Waals surface area contributed by atoms with E-state index in [9.17, 15) is 14.4 Å². The van der Waals surface area contributed by atoms with Crippen LogP contribution in [0, 0.1) is 5.92 Å². The molecular weight excluding hydrogens is 358 g/mol. The normalized spacial score (nSPS) is 11.9. The van der Waals surface area contributed by atoms with Crippen LogP contribution in [0.3, 0.4) is 0 Å². The number of carbonyl (C=O) groups is 2. The predicted molar refractivity (Wildman–Crippen MR) is 107 cm³/mol. The Balaban J connectivity index is 1.62. The monoisotopic (exact) mass is 381 g/mol. The van der Waals surface area contributed by atoms with Crippen LogP contribution in [0.1, 0.15) is 25.8 Å². The zero-order chi connectivity index (χ0) is 20.1. The molecule has 0 aliphatic heterocycles. The fourth-order valence-electron chi connectivity index (χ4n) is 2.77. The Morgan fingerprint density at radius 3 is 2.71 bits per heavy atom. The third-order valence-electron chi connectivity index (χ3n) is 4.62. The second-order valence-electron chi connectivity index (χ2n) is 6.70. The number of benzene rings is 2. The Morgan fingerprint density at radius 1 is 1.14 bits per heavy atom. The zero-order valence-corrected chi connectivity index (χ0v) is 15.9. The second kappa shape index (κ2) is 8.56. The quantitative estimate of drug-likeness (QED) is 0.658. The third-order valence-corrected chi connectivity index (χ3v) is 4.62. The number of carbonyl (C=O) groups excluding carboxylic acids is 2. The fraction of sp³-hybridized carbons (Fsp3) is 0.286. The molecule has 1 heterocycles. The van der Waals surface area contributed by atoms with Gasteiger partial charge in [-0.2, -0.15) is 0 Å². The molecule has 0 unspecified atom stereocenters. The molecule has 0 radical (unpaired) electrons. The van der Waals surface area contributed by atoms with Gasteiger partial charge in [0.2, 0.25) is 11.8 Å². The lowest BCUT2D eigenvalue weighted by molar-refractivity contribution is -0.122. The number of fused-ring (bicyclic) bond motifs is 1. The summed E-state index contributed by atoms with van der Waals surface area (Å²) in [6.45, 7) is 4.00. The lowest BCUT2D eigenvalue weighted by atomic mass is 10.1. The molecule has 0 spiro atoms. The maximum absolute atomic E-state index is 12.3. The smallest absolute Gasteiger partial charge is 0.408 e. The van der Waals surface area contributed by atoms with Gasteiger partial charge in [-0.05, 0) is 36.2 Å². The molecule has 0 fully saturated rings. The number of nitrogens with one attached hydrogen (secondary N) is 2. The van der Waals surface area contributed by atoms with Crippen LogP contribution in [0.4, 0.5) is 5.69 Å². The Hall–Kier alpha value is -3.35. The summed E-state index contributed by atoms with van der Waals surface area (Å²) in [4.78, 5) is 36.3. The molecule has 1 aromatic heterocycles. The van der Waals surface area contributed by atoms with Gasteiger partial charge in [-0.1, -0.05) is 38.1 Å². The minimum Gasteiger partial charge on any atom is -0.408 e. The van der Waals surface area contributed by atoms with Gasteiger partial charge >= 0.3 is 5.76 Å². The van der Waals surface area contributed by atoms with Crippen molar-refractivity contribution >= 4 is 28.6 Å². The number of anilines is 1. The summed E-state index contributed by atoms with van der Waals surface area (Å²) in [5.74, 6) is -0.963. The maximum Gasteiger partial charge on any atom is 0.420 e. The number of amides is 2. The first-order chi connectivity index (χ1) is 13.5. The molecule has 3 aromatic rings. The summed E-state index contributed by atoms with van der Waals surface area (Å²) in [7, 11) is 0. The van der Waals surface area contributed by atoms with Crippen molar-refractivity contribution in [3.05, 3.63) is 64.6 Å². The number of nitrogens with zero attached hydrogens (tertiary/aromatic N) is 1. The lowest BCUT2D eigenvalue weighted by Crippen LogP contribution is -2.30. The van der Waals surface area contributed by atoms with Gasteiger partial charge in [0.05, 0.1) is 5.52 Å². The minimum absolute atomic E-state index is 0.0325. The van der Waals surface area contributed by atoms with Crippen LogP contribution >= 0.6 is 0 Å². The highest BCUT2D eigenvalue weighted by atomic mass is 16.4. The molecule has 2 N–H and O–H groups in total. The number of hydrogen-bond donors (Lipinski definition) is 2. The van der Waals surface area contributed by atoms with E-state index in [1.807, 2.05) is 38.1 Å². The van der Waals surface area contributed by atoms with E-state index in [0.29, 0.717) is 16.8 Å². The first-order valence-electron chi connectivity index (χ1n) is 9.22. The van der Waals surface area contributed by atoms with Crippen LogP contribution in [-0.4, -0.2) is 16.4 Å². The van der Waals surface area contributed by atoms with Crippen molar-refractivity contribution in [1.29, 1.82) is 0 Å². The molecule has 2 aromatic carbocycles. The van der Waals surface area contributed by atoms with E-state index >= 15 is 0 Å². The standard InChI is InChI=1S/C21H23N3O4/c1-3-14(2)20(26)23-16-8-6-7-15(11-16)12-22-19(25)13-24-17-9-4-5-10-18(17)28-21(24)27/h4-11,14H,3,12-13H2,1-2H3,(H,22,25)(H,23,26)/t14-/m0/s1. The predicted octanol–water partition coefficient (Wildman–Crippen LogP) is 2.90. The molecule has 7 heteroatoms. The molecule has 0 aliphatic rings. The average Bonchev–Trinajstić information content (AvgIpc) is 3.01. The number of para-hydroxylation sites is 2. The van der Waals surface area contributed by atoms with Gasteiger partial charge in [0, 0.05) is 18.2 Å². The number of rotatable bonds is 7. The van der Waals surface area contributed by atoms with Gasteiger partial charge in [0.15, 0.2) is 5.58 Å². The highest BCUT2D eigenvalue weighted by Gasteiger charge is 2.13. The van der Waals surface area contributed by atoms with Gasteiger partial charge in [0.1, 0.15) is 6.54 Å². The van der Waals surface area contributed by atoms with Crippen molar-refractivity contribution in [1.82, 2.24) is 9.88 Å². The zero-order valence-electron chi connectivity index (χ0n) is 15.9. The Morgan fingerprint density at radius 2 is 1.93 bits per heavy atom. The summed E-state index contributed by atoms with van der Waals surface area (Å²) < 4.78 is 6.43. The summed E-state index contributed by atoms with van der Waals surface area (Å²) in [5, 5.41) is 5.67. The van der Waals surface area contributed by atoms with Crippen molar-refractivity contribution in [3.8, 4) is 0 Å². The van der Waals surface area contributed by atoms with Crippen molar-refractivity contribution in [2.75, 3.05) is 5.32 Å². The number of oxazole rings is 1. The van der Waals surface area contributed by atoms with E-state index < -0.39 is 5.76 Å². The van der Waals surface area contributed by atoms with E-state index in [1.165, 1.54) is 4.57 Å². The van der Waals surface area contributed by atoms with Crippen molar-refractivity contribution in [3.63, 3.8) is 0 Å². The van der Waals surface area contributed by atoms with Crippen molar-refractivity contribution in [2.45, 2.75) is 33.4 Å². The SMILES string of the molecule is CC[C@H](C)C(=O)Nc1cccc(CNC(=O)Cn2c(=O)oc3ccccc32)c1. The van der Waals surface area contributed by atoms with E-state index in [-0.39, 0.29) is 30.8 Å². The molecule has 2 amide bonds. The van der Waals surface area contributed by atoms with Gasteiger partial charge in [-0.3, -0.25) is 14.2 Å². The topological polar surface area (TPSA) is 93.3 Å². The largest absolute Gasteiger partial charge is 0.420 e. The molecule has 146 valence electrons. The lowest BCUT2D eigenvalue weighted by Gasteiger charge is -2.11. The van der Waals surface area contributed by atoms with Gasteiger partial charge < -0.3 is 15.1 Å². The van der Waals surface area contributed by atoms with E-state index in [1.54, 1.807) is 24.3 Å². The van der Waals surface area contributed by atoms with Crippen molar-refractivity contribution < 1.29 is 14.0 Å². The first-order valence-corrected chi connectivity index (χ1v) is 9.22. The molecule has 7 nitrogen and oxygen atoms in total. The molecule has 0 saturated heterocycles. The molecular formula is C21H23N3O4. The van der Waals surface area contributed by atoms with E-state index in [2.05, 4.69) is 10.6 Å². The number of hydrogen-bond acceptors (Lipinski definition) is 4. The molecule has 1 atom stereocenters. The van der Waals surface area contributed by atoms with Crippen LogP contribution in [0.15, 0.2) is 57.7 Å². The molecule has 3 rings (SSSR count). The summed E-state index contributed by atoms with van der Waals surface area (Å²) in [6, 6.07) is 14.3. The highest BCUT2D eigenvalue weighted by Crippen LogP contribution is 2.14. The van der Waals surface area contributed by atoms with Crippen LogP contribution in [0.5, 0.6) is 0 Å². The summed E-state index contributed by atoms with van der Waals surface area (Å²) in [5.41, 5.74) is 2.57. The third kappa shape index (κ3) is 4.49. The summed E-state index contributed by atoms with van der Waals surface area (Å²) >= 11 is 0. The van der Waals surface area contributed by atoms with Gasteiger partial charge in [-0.15, -0.1) is 0 Å². The molecule has 0 aliphatic carbocycles. The van der Waals surface area contributed by atoms with Crippen LogP contribution in [0.2, 0.25) is 0 Å². The fourth-order valence-corrected chi connectivity index (χ4v) is 2.77. The van der Waals surface area contributed by atoms with Gasteiger partial charge in [-0.25, -0.2) is 4.79 Å². The van der Waals surface area contributed by atoms with Gasteiger partial charge in [0.25, 0.3) is 0 Å². The van der Waals surface area contributed by atoms with E-state index in [4.69, 9.17) is 4.42 Å². The maximum atomic E-state index is 12.3. The van der Waals surface area contributed by atoms with Crippen LogP contribution < -0.4 is 16.4 Å². The Bertz CT molecular complexity index is 1050. The average molecular weight is 381 g/mol. The molecule has 0 saturated carbocycles. The van der Waals surface area contributed by atoms with Crippen molar-refractivity contribution in [2.24, 2.45) is 5.92 Å². The Labute approximate surface area is 162 Å². The second-order valence-corrected chi connectivity index (χ2v) is 6.70. The number of aromatic nitrogens is 1. The summed E-state index contributed by atoms with van der Waals surface area (Å²) in [6.07, 6.45) is 0.768.